The van der Waals surface area contributed by atoms with E-state index in [1.54, 1.807) is 24.5 Å². The van der Waals surface area contributed by atoms with Gasteiger partial charge in [0.2, 0.25) is 10.0 Å². The van der Waals surface area contributed by atoms with Crippen LogP contribution in [0.3, 0.4) is 0 Å². The average molecular weight is 563 g/mol. The van der Waals surface area contributed by atoms with Crippen molar-refractivity contribution in [3.05, 3.63) is 95.2 Å². The fraction of sp³-hybridized carbons (Fsp3) is 0.250. The molecule has 11 heteroatoms. The van der Waals surface area contributed by atoms with E-state index in [4.69, 9.17) is 17.0 Å². The van der Waals surface area contributed by atoms with Gasteiger partial charge in [-0.25, -0.2) is 13.4 Å². The molecule has 1 aliphatic rings. The van der Waals surface area contributed by atoms with Crippen molar-refractivity contribution in [2.75, 3.05) is 23.0 Å². The van der Waals surface area contributed by atoms with E-state index >= 15 is 0 Å². The number of aromatic nitrogens is 3. The van der Waals surface area contributed by atoms with Crippen LogP contribution in [-0.2, 0) is 10.0 Å². The minimum Gasteiger partial charge on any atom is -0.494 e. The number of nitrogens with zero attached hydrogens (tertiary/aromatic N) is 4. The molecule has 1 saturated heterocycles. The van der Waals surface area contributed by atoms with Crippen LogP contribution in [0.2, 0.25) is 0 Å². The van der Waals surface area contributed by atoms with Gasteiger partial charge < -0.3 is 19.5 Å². The van der Waals surface area contributed by atoms with Crippen LogP contribution in [0.15, 0.2) is 67.0 Å². The lowest BCUT2D eigenvalue weighted by atomic mass is 9.96. The van der Waals surface area contributed by atoms with Crippen LogP contribution in [0.25, 0.3) is 5.82 Å². The second kappa shape index (κ2) is 10.3. The monoisotopic (exact) mass is 562 g/mol. The molecule has 9 nitrogen and oxygen atoms in total. The Balaban J connectivity index is 1.67. The lowest BCUT2D eigenvalue weighted by Crippen LogP contribution is -2.29. The predicted octanol–water partition coefficient (Wildman–Crippen LogP) is 4.75. The Kier molecular flexibility index (Phi) is 7.04. The fourth-order valence-corrected chi connectivity index (χ4v) is 6.10. The molecule has 0 radical (unpaired) electrons. The molecule has 0 bridgehead atoms. The Hall–Kier alpha value is -3.96. The Morgan fingerprint density at radius 3 is 2.46 bits per heavy atom. The summed E-state index contributed by atoms with van der Waals surface area (Å²) in [6.45, 7) is 6.21. The smallest absolute Gasteiger partial charge is 0.229 e. The van der Waals surface area contributed by atoms with E-state index < -0.39 is 10.0 Å². The summed E-state index contributed by atoms with van der Waals surface area (Å²) in [6.07, 6.45) is 4.68. The van der Waals surface area contributed by atoms with Crippen molar-refractivity contribution in [2.24, 2.45) is 0 Å². The Labute approximate surface area is 233 Å². The van der Waals surface area contributed by atoms with Gasteiger partial charge in [0.1, 0.15) is 11.6 Å². The molecular formula is C28H30N6O3S2. The second-order valence-electron chi connectivity index (χ2n) is 9.56. The van der Waals surface area contributed by atoms with E-state index in [2.05, 4.69) is 57.5 Å². The van der Waals surface area contributed by atoms with Crippen molar-refractivity contribution in [2.45, 2.75) is 32.9 Å². The number of hydrogen-bond donors (Lipinski definition) is 2. The largest absolute Gasteiger partial charge is 0.494 e. The summed E-state index contributed by atoms with van der Waals surface area (Å²) in [5, 5.41) is 4.01. The van der Waals surface area contributed by atoms with E-state index in [1.165, 1.54) is 7.11 Å². The Morgan fingerprint density at radius 1 is 1.03 bits per heavy atom. The van der Waals surface area contributed by atoms with Crippen LogP contribution >= 0.6 is 12.2 Å². The molecule has 0 saturated carbocycles. The number of anilines is 2. The van der Waals surface area contributed by atoms with Gasteiger partial charge in [-0.2, -0.15) is 0 Å². The number of methoxy groups -OCH3 is 1. The molecule has 1 aliphatic heterocycles. The van der Waals surface area contributed by atoms with Gasteiger partial charge in [0.15, 0.2) is 5.11 Å². The number of nitrogens with one attached hydrogen (secondary N) is 2. The van der Waals surface area contributed by atoms with Gasteiger partial charge >= 0.3 is 0 Å². The standard InChI is InChI=1S/C28H30N6O3S2/c1-17-9-8-14-30-27(17)33-18(2)15-21(19(33)3)26-25(23-10-6-7-13-29-23)31-28(38)34(26)20-11-12-22(24(16-20)37-4)32-39(5,35)36/h6-16,25-26,32H,1-5H3,(H,31,38)/t25-,26+/m1/s1. The minimum absolute atomic E-state index is 0.239. The van der Waals surface area contributed by atoms with Crippen LogP contribution < -0.4 is 19.7 Å². The number of sulfonamides is 1. The molecule has 0 spiro atoms. The lowest BCUT2D eigenvalue weighted by Gasteiger charge is -2.29. The van der Waals surface area contributed by atoms with Crippen molar-refractivity contribution < 1.29 is 13.2 Å². The topological polar surface area (TPSA) is 101 Å². The average Bonchev–Trinajstić information content (AvgIpc) is 3.39. The molecule has 1 aromatic carbocycles. The quantitative estimate of drug-likeness (QED) is 0.311. The molecule has 5 rings (SSSR count). The predicted molar refractivity (Wildman–Crippen MR) is 157 cm³/mol. The highest BCUT2D eigenvalue weighted by Crippen LogP contribution is 2.45. The van der Waals surface area contributed by atoms with Crippen LogP contribution in [-0.4, -0.2) is 41.4 Å². The van der Waals surface area contributed by atoms with Crippen molar-refractivity contribution >= 4 is 38.7 Å². The van der Waals surface area contributed by atoms with Gasteiger partial charge in [0.05, 0.1) is 36.8 Å². The van der Waals surface area contributed by atoms with Crippen molar-refractivity contribution in [3.8, 4) is 11.6 Å². The van der Waals surface area contributed by atoms with Crippen LogP contribution in [0.1, 0.15) is 40.3 Å². The molecule has 2 atom stereocenters. The number of ether oxygens (including phenoxy) is 1. The van der Waals surface area contributed by atoms with Gasteiger partial charge in [-0.1, -0.05) is 12.1 Å². The highest BCUT2D eigenvalue weighted by atomic mass is 32.2. The zero-order valence-electron chi connectivity index (χ0n) is 22.3. The number of thiocarbonyl (C=S) groups is 1. The van der Waals surface area contributed by atoms with Gasteiger partial charge in [0, 0.05) is 35.5 Å². The molecule has 4 heterocycles. The first kappa shape index (κ1) is 26.6. The van der Waals surface area contributed by atoms with Crippen molar-refractivity contribution in [1.82, 2.24) is 19.9 Å². The molecule has 1 fully saturated rings. The summed E-state index contributed by atoms with van der Waals surface area (Å²) in [6, 6.07) is 16.8. The summed E-state index contributed by atoms with van der Waals surface area (Å²) in [7, 11) is -1.98. The van der Waals surface area contributed by atoms with E-state index in [9.17, 15) is 8.42 Å². The number of benzene rings is 1. The lowest BCUT2D eigenvalue weighted by molar-refractivity contribution is 0.417. The summed E-state index contributed by atoms with van der Waals surface area (Å²) >= 11 is 5.89. The number of pyridine rings is 2. The molecular weight excluding hydrogens is 532 g/mol. The molecule has 4 aromatic rings. The molecule has 3 aromatic heterocycles. The van der Waals surface area contributed by atoms with Gasteiger partial charge in [0.25, 0.3) is 0 Å². The summed E-state index contributed by atoms with van der Waals surface area (Å²) in [4.78, 5) is 11.4. The highest BCUT2D eigenvalue weighted by Gasteiger charge is 2.42. The maximum atomic E-state index is 11.9. The fourth-order valence-electron chi connectivity index (χ4n) is 5.19. The summed E-state index contributed by atoms with van der Waals surface area (Å²) in [5.74, 6) is 1.27. The third kappa shape index (κ3) is 5.07. The van der Waals surface area contributed by atoms with Crippen molar-refractivity contribution in [3.63, 3.8) is 0 Å². The molecule has 2 N–H and O–H groups in total. The van der Waals surface area contributed by atoms with E-state index in [-0.39, 0.29) is 12.1 Å². The zero-order chi connectivity index (χ0) is 27.9. The maximum absolute atomic E-state index is 11.9. The van der Waals surface area contributed by atoms with Gasteiger partial charge in [-0.05, 0) is 80.5 Å². The highest BCUT2D eigenvalue weighted by molar-refractivity contribution is 7.92. The third-order valence-electron chi connectivity index (χ3n) is 6.84. The zero-order valence-corrected chi connectivity index (χ0v) is 24.0. The first-order chi connectivity index (χ1) is 18.6. The van der Waals surface area contributed by atoms with E-state index in [0.29, 0.717) is 16.5 Å². The number of aryl methyl sites for hydroxylation is 2. The second-order valence-corrected chi connectivity index (χ2v) is 11.7. The van der Waals surface area contributed by atoms with Gasteiger partial charge in [-0.15, -0.1) is 0 Å². The summed E-state index contributed by atoms with van der Waals surface area (Å²) in [5.41, 5.74) is 6.19. The Bertz CT molecular complexity index is 1650. The first-order valence-corrected chi connectivity index (χ1v) is 14.7. The molecule has 0 aliphatic carbocycles. The van der Waals surface area contributed by atoms with Crippen molar-refractivity contribution in [1.29, 1.82) is 0 Å². The normalized spacial score (nSPS) is 17.3. The van der Waals surface area contributed by atoms with E-state index in [1.807, 2.05) is 35.2 Å². The van der Waals surface area contributed by atoms with Gasteiger partial charge in [-0.3, -0.25) is 9.71 Å². The molecule has 39 heavy (non-hydrogen) atoms. The maximum Gasteiger partial charge on any atom is 0.229 e. The SMILES string of the molecule is COc1cc(N2C(=S)N[C@H](c3ccccn3)[C@@H]2c2cc(C)n(-c3ncccc3C)c2C)ccc1NS(C)(=O)=O. The van der Waals surface area contributed by atoms with Crippen LogP contribution in [0, 0.1) is 20.8 Å². The number of rotatable bonds is 7. The molecule has 0 amide bonds. The Morgan fingerprint density at radius 2 is 1.79 bits per heavy atom. The minimum atomic E-state index is -3.49. The molecule has 0 unspecified atom stereocenters. The summed E-state index contributed by atoms with van der Waals surface area (Å²) < 4.78 is 34.0. The number of hydrogen-bond acceptors (Lipinski definition) is 6. The van der Waals surface area contributed by atoms with Crippen LogP contribution in [0.4, 0.5) is 11.4 Å². The molecule has 202 valence electrons. The third-order valence-corrected chi connectivity index (χ3v) is 7.74. The first-order valence-electron chi connectivity index (χ1n) is 12.4. The van der Waals surface area contributed by atoms with E-state index in [0.717, 1.165) is 46.0 Å². The van der Waals surface area contributed by atoms with Crippen LogP contribution in [0.5, 0.6) is 5.75 Å².